The largest absolute Gasteiger partial charge is 0.324 e. The molecule has 2 fully saturated rings. The lowest BCUT2D eigenvalue weighted by Gasteiger charge is -2.31. The third-order valence-electron chi connectivity index (χ3n) is 4.51. The number of amides is 1. The highest BCUT2D eigenvalue weighted by Gasteiger charge is 2.39. The molecular weight excluding hydrogens is 313 g/mol. The van der Waals surface area contributed by atoms with E-state index in [4.69, 9.17) is 0 Å². The van der Waals surface area contributed by atoms with Gasteiger partial charge < -0.3 is 10.2 Å². The van der Waals surface area contributed by atoms with Crippen LogP contribution in [0.1, 0.15) is 24.3 Å². The second-order valence-corrected chi connectivity index (χ2v) is 7.35. The summed E-state index contributed by atoms with van der Waals surface area (Å²) in [7, 11) is 0. The van der Waals surface area contributed by atoms with Crippen molar-refractivity contribution in [2.75, 3.05) is 39.3 Å². The summed E-state index contributed by atoms with van der Waals surface area (Å²) in [5.41, 5.74) is 0.889. The van der Waals surface area contributed by atoms with Crippen molar-refractivity contribution in [3.05, 3.63) is 35.6 Å². The Balaban J connectivity index is 1.71. The molecule has 0 unspecified atom stereocenters. The molecular formula is C17H24FN3OS. The molecule has 2 heterocycles. The smallest absolute Gasteiger partial charge is 0.236 e. The highest BCUT2D eigenvalue weighted by atomic mass is 32.2. The summed E-state index contributed by atoms with van der Waals surface area (Å²) in [6.07, 6.45) is 0.819. The van der Waals surface area contributed by atoms with Gasteiger partial charge in [-0.1, -0.05) is 19.1 Å². The molecule has 23 heavy (non-hydrogen) atoms. The number of carbonyl (C=O) groups is 1. The summed E-state index contributed by atoms with van der Waals surface area (Å²) in [5, 5.41) is 3.27. The lowest BCUT2D eigenvalue weighted by atomic mass is 10.2. The van der Waals surface area contributed by atoms with Crippen LogP contribution in [0.3, 0.4) is 0 Å². The van der Waals surface area contributed by atoms with Crippen LogP contribution in [0.15, 0.2) is 24.3 Å². The number of rotatable bonds is 5. The number of hydrogen-bond donors (Lipinski definition) is 1. The molecule has 0 aromatic heterocycles. The van der Waals surface area contributed by atoms with Crippen LogP contribution in [0.5, 0.6) is 0 Å². The molecule has 1 amide bonds. The standard InChI is InChI=1S/C17H24FN3OS/c1-2-15-16(22)21(11-10-20-8-6-19-7-9-20)17(23-15)13-4-3-5-14(18)12-13/h3-5,12,15,17,19H,2,6-11H2,1H3/t15-,17-/m1/s1. The van der Waals surface area contributed by atoms with Crippen LogP contribution < -0.4 is 5.32 Å². The first kappa shape index (κ1) is 16.7. The van der Waals surface area contributed by atoms with Crippen molar-refractivity contribution in [3.63, 3.8) is 0 Å². The maximum Gasteiger partial charge on any atom is 0.236 e. The van der Waals surface area contributed by atoms with Crippen LogP contribution in [0, 0.1) is 5.82 Å². The minimum atomic E-state index is -0.238. The summed E-state index contributed by atoms with van der Waals surface area (Å²) in [6.45, 7) is 7.70. The van der Waals surface area contributed by atoms with E-state index in [1.807, 2.05) is 17.9 Å². The molecule has 2 atom stereocenters. The maximum atomic E-state index is 13.6. The van der Waals surface area contributed by atoms with Crippen LogP contribution in [0.4, 0.5) is 4.39 Å². The fourth-order valence-corrected chi connectivity index (χ4v) is 4.60. The Morgan fingerprint density at radius 3 is 2.78 bits per heavy atom. The van der Waals surface area contributed by atoms with E-state index < -0.39 is 0 Å². The van der Waals surface area contributed by atoms with Crippen LogP contribution >= 0.6 is 11.8 Å². The Labute approximate surface area is 141 Å². The topological polar surface area (TPSA) is 35.6 Å². The molecule has 2 aliphatic rings. The summed E-state index contributed by atoms with van der Waals surface area (Å²) >= 11 is 1.65. The van der Waals surface area contributed by atoms with Gasteiger partial charge >= 0.3 is 0 Å². The fraction of sp³-hybridized carbons (Fsp3) is 0.588. The van der Waals surface area contributed by atoms with Crippen LogP contribution in [-0.4, -0.2) is 60.2 Å². The van der Waals surface area contributed by atoms with Gasteiger partial charge in [-0.15, -0.1) is 11.8 Å². The molecule has 0 radical (unpaired) electrons. The minimum Gasteiger partial charge on any atom is -0.324 e. The average molecular weight is 337 g/mol. The SMILES string of the molecule is CC[C@H]1S[C@H](c2cccc(F)c2)N(CCN2CCNCC2)C1=O. The Bertz CT molecular complexity index is 550. The van der Waals surface area contributed by atoms with Gasteiger partial charge in [0.2, 0.25) is 5.91 Å². The zero-order valence-electron chi connectivity index (χ0n) is 13.5. The van der Waals surface area contributed by atoms with Crippen molar-refractivity contribution in [1.29, 1.82) is 0 Å². The average Bonchev–Trinajstić information content (AvgIpc) is 2.90. The van der Waals surface area contributed by atoms with Gasteiger partial charge in [0.15, 0.2) is 0 Å². The van der Waals surface area contributed by atoms with E-state index in [1.165, 1.54) is 6.07 Å². The van der Waals surface area contributed by atoms with E-state index in [0.717, 1.165) is 44.7 Å². The third kappa shape index (κ3) is 3.87. The molecule has 0 aliphatic carbocycles. The number of benzene rings is 1. The summed E-state index contributed by atoms with van der Waals surface area (Å²) in [4.78, 5) is 17.0. The molecule has 0 saturated carbocycles. The van der Waals surface area contributed by atoms with Crippen molar-refractivity contribution in [2.24, 2.45) is 0 Å². The van der Waals surface area contributed by atoms with Gasteiger partial charge in [0.05, 0.1) is 5.25 Å². The van der Waals surface area contributed by atoms with Gasteiger partial charge in [-0.3, -0.25) is 9.69 Å². The van der Waals surface area contributed by atoms with Crippen molar-refractivity contribution >= 4 is 17.7 Å². The lowest BCUT2D eigenvalue weighted by Crippen LogP contribution is -2.47. The third-order valence-corrected chi connectivity index (χ3v) is 6.15. The lowest BCUT2D eigenvalue weighted by molar-refractivity contribution is -0.130. The van der Waals surface area contributed by atoms with E-state index >= 15 is 0 Å². The second-order valence-electron chi connectivity index (χ2n) is 6.06. The number of nitrogens with one attached hydrogen (secondary N) is 1. The normalized spacial score (nSPS) is 26.0. The highest BCUT2D eigenvalue weighted by Crippen LogP contribution is 2.44. The van der Waals surface area contributed by atoms with E-state index in [2.05, 4.69) is 10.2 Å². The Morgan fingerprint density at radius 2 is 2.09 bits per heavy atom. The molecule has 1 aromatic carbocycles. The Kier molecular flexibility index (Phi) is 5.56. The molecule has 0 spiro atoms. The fourth-order valence-electron chi connectivity index (χ4n) is 3.19. The first-order valence-electron chi connectivity index (χ1n) is 8.33. The number of hydrogen-bond acceptors (Lipinski definition) is 4. The van der Waals surface area contributed by atoms with Gasteiger partial charge in [0.1, 0.15) is 11.2 Å². The van der Waals surface area contributed by atoms with Gasteiger partial charge in [0, 0.05) is 39.3 Å². The van der Waals surface area contributed by atoms with Gasteiger partial charge in [-0.2, -0.15) is 0 Å². The van der Waals surface area contributed by atoms with Gasteiger partial charge in [-0.25, -0.2) is 4.39 Å². The highest BCUT2D eigenvalue weighted by molar-refractivity contribution is 8.01. The number of halogens is 1. The van der Waals surface area contributed by atoms with Crippen LogP contribution in [0.2, 0.25) is 0 Å². The van der Waals surface area contributed by atoms with Crippen molar-refractivity contribution in [3.8, 4) is 0 Å². The first-order valence-corrected chi connectivity index (χ1v) is 9.28. The predicted molar refractivity (Wildman–Crippen MR) is 91.8 cm³/mol. The predicted octanol–water partition coefficient (Wildman–Crippen LogP) is 2.08. The molecule has 1 N–H and O–H groups in total. The summed E-state index contributed by atoms with van der Waals surface area (Å²) < 4.78 is 13.6. The maximum absolute atomic E-state index is 13.6. The molecule has 2 aliphatic heterocycles. The van der Waals surface area contributed by atoms with Crippen molar-refractivity contribution in [1.82, 2.24) is 15.1 Å². The van der Waals surface area contributed by atoms with Crippen LogP contribution in [0.25, 0.3) is 0 Å². The molecule has 0 bridgehead atoms. The molecule has 1 aromatic rings. The first-order chi connectivity index (χ1) is 11.2. The molecule has 126 valence electrons. The van der Waals surface area contributed by atoms with Crippen LogP contribution in [-0.2, 0) is 4.79 Å². The zero-order valence-corrected chi connectivity index (χ0v) is 14.3. The monoisotopic (exact) mass is 337 g/mol. The number of carbonyl (C=O) groups excluding carboxylic acids is 1. The number of nitrogens with zero attached hydrogens (tertiary/aromatic N) is 2. The van der Waals surface area contributed by atoms with Crippen molar-refractivity contribution in [2.45, 2.75) is 24.0 Å². The van der Waals surface area contributed by atoms with E-state index in [0.29, 0.717) is 6.54 Å². The molecule has 6 heteroatoms. The Hall–Kier alpha value is -1.11. The zero-order chi connectivity index (χ0) is 16.2. The summed E-state index contributed by atoms with van der Waals surface area (Å²) in [5.74, 6) is -0.0422. The quantitative estimate of drug-likeness (QED) is 0.892. The minimum absolute atomic E-state index is 0.00806. The molecule has 3 rings (SSSR count). The second kappa shape index (κ2) is 7.64. The molecule has 4 nitrogen and oxygen atoms in total. The Morgan fingerprint density at radius 1 is 1.30 bits per heavy atom. The molecule has 2 saturated heterocycles. The summed E-state index contributed by atoms with van der Waals surface area (Å²) in [6, 6.07) is 6.65. The van der Waals surface area contributed by atoms with Crippen molar-refractivity contribution < 1.29 is 9.18 Å². The van der Waals surface area contributed by atoms with E-state index in [1.54, 1.807) is 23.9 Å². The van der Waals surface area contributed by atoms with E-state index in [-0.39, 0.29) is 22.3 Å². The van der Waals surface area contributed by atoms with Gasteiger partial charge in [-0.05, 0) is 24.1 Å². The number of thioether (sulfide) groups is 1. The number of piperazine rings is 1. The van der Waals surface area contributed by atoms with Gasteiger partial charge in [0.25, 0.3) is 0 Å². The van der Waals surface area contributed by atoms with E-state index in [9.17, 15) is 9.18 Å².